The Morgan fingerprint density at radius 3 is 2.75 bits per heavy atom. The van der Waals surface area contributed by atoms with Gasteiger partial charge in [-0.3, -0.25) is 4.79 Å². The van der Waals surface area contributed by atoms with Crippen molar-refractivity contribution in [1.82, 2.24) is 0 Å². The highest BCUT2D eigenvalue weighted by atomic mass is 16.5. The van der Waals surface area contributed by atoms with Crippen molar-refractivity contribution >= 4 is 5.78 Å². The van der Waals surface area contributed by atoms with Crippen molar-refractivity contribution in [2.75, 3.05) is 6.61 Å². The summed E-state index contributed by atoms with van der Waals surface area (Å²) >= 11 is 0. The van der Waals surface area contributed by atoms with Crippen LogP contribution in [0.4, 0.5) is 0 Å². The van der Waals surface area contributed by atoms with Crippen molar-refractivity contribution in [2.45, 2.75) is 71.5 Å². The number of aliphatic hydroxyl groups is 2. The highest BCUT2D eigenvalue weighted by Crippen LogP contribution is 2.36. The van der Waals surface area contributed by atoms with Gasteiger partial charge in [0.05, 0.1) is 24.4 Å². The fraction of sp³-hybridized carbons (Fsp3) is 0.650. The van der Waals surface area contributed by atoms with Crippen LogP contribution in [0.5, 0.6) is 5.75 Å². The Morgan fingerprint density at radius 2 is 2.04 bits per heavy atom. The molecule has 0 spiro atoms. The van der Waals surface area contributed by atoms with E-state index < -0.39 is 17.6 Å². The molecule has 0 fully saturated rings. The zero-order valence-corrected chi connectivity index (χ0v) is 15.0. The quantitative estimate of drug-likeness (QED) is 0.714. The first kappa shape index (κ1) is 18.9. The number of fused-ring (bicyclic) bond motifs is 1. The zero-order valence-electron chi connectivity index (χ0n) is 15.0. The third kappa shape index (κ3) is 4.58. The summed E-state index contributed by atoms with van der Waals surface area (Å²) in [5, 5.41) is 19.7. The molecule has 0 aromatic heterocycles. The SMILES string of the molecule is CCC(O)CC(O)CCC(C)(C)C(=O)c1cccc2c1OCCC2. The Bertz CT molecular complexity index is 565. The van der Waals surface area contributed by atoms with Crippen LogP contribution in [0.2, 0.25) is 0 Å². The first-order chi connectivity index (χ1) is 11.3. The number of aryl methyl sites for hydroxylation is 1. The van der Waals surface area contributed by atoms with Crippen molar-refractivity contribution in [3.8, 4) is 5.75 Å². The van der Waals surface area contributed by atoms with Crippen LogP contribution in [0.25, 0.3) is 0 Å². The lowest BCUT2D eigenvalue weighted by atomic mass is 9.78. The van der Waals surface area contributed by atoms with E-state index in [0.29, 0.717) is 37.9 Å². The largest absolute Gasteiger partial charge is 0.493 e. The number of aliphatic hydroxyl groups excluding tert-OH is 2. The minimum Gasteiger partial charge on any atom is -0.493 e. The number of Topliss-reactive ketones (excluding diaryl/α,β-unsaturated/α-hetero) is 1. The molecule has 134 valence electrons. The average Bonchev–Trinajstić information content (AvgIpc) is 2.58. The van der Waals surface area contributed by atoms with Crippen LogP contribution in [0, 0.1) is 5.41 Å². The Hall–Kier alpha value is -1.39. The number of carbonyl (C=O) groups excluding carboxylic acids is 1. The summed E-state index contributed by atoms with van der Waals surface area (Å²) in [5.74, 6) is 0.799. The van der Waals surface area contributed by atoms with Crippen LogP contribution in [0.1, 0.15) is 68.8 Å². The standard InChI is InChI=1S/C20H30O4/c1-4-15(21)13-16(22)10-11-20(2,3)19(23)17-9-5-7-14-8-6-12-24-18(14)17/h5,7,9,15-16,21-22H,4,6,8,10-13H2,1-3H3. The number of para-hydroxylation sites is 1. The number of benzene rings is 1. The van der Waals surface area contributed by atoms with Crippen LogP contribution in [-0.2, 0) is 6.42 Å². The van der Waals surface area contributed by atoms with Gasteiger partial charge in [0, 0.05) is 5.41 Å². The molecule has 2 atom stereocenters. The molecule has 1 aliphatic rings. The van der Waals surface area contributed by atoms with Crippen LogP contribution >= 0.6 is 0 Å². The van der Waals surface area contributed by atoms with E-state index in [2.05, 4.69) is 0 Å². The van der Waals surface area contributed by atoms with Gasteiger partial charge in [0.25, 0.3) is 0 Å². The summed E-state index contributed by atoms with van der Waals surface area (Å²) in [6, 6.07) is 5.78. The van der Waals surface area contributed by atoms with Gasteiger partial charge in [-0.1, -0.05) is 32.9 Å². The summed E-state index contributed by atoms with van der Waals surface area (Å²) in [6.45, 7) is 6.38. The van der Waals surface area contributed by atoms with Gasteiger partial charge in [-0.05, 0) is 50.2 Å². The molecule has 1 heterocycles. The molecule has 1 aliphatic heterocycles. The summed E-state index contributed by atoms with van der Waals surface area (Å²) < 4.78 is 5.76. The minimum atomic E-state index is -0.576. The molecule has 2 N–H and O–H groups in total. The third-order valence-electron chi connectivity index (χ3n) is 4.91. The average molecular weight is 334 g/mol. The highest BCUT2D eigenvalue weighted by Gasteiger charge is 2.32. The molecule has 1 aromatic carbocycles. The fourth-order valence-corrected chi connectivity index (χ4v) is 3.17. The summed E-state index contributed by atoms with van der Waals surface area (Å²) in [5.41, 5.74) is 1.18. The van der Waals surface area contributed by atoms with Crippen LogP contribution in [-0.4, -0.2) is 34.8 Å². The maximum absolute atomic E-state index is 13.0. The molecule has 0 aliphatic carbocycles. The maximum Gasteiger partial charge on any atom is 0.172 e. The van der Waals surface area contributed by atoms with Crippen LogP contribution in [0.3, 0.4) is 0 Å². The smallest absolute Gasteiger partial charge is 0.172 e. The Labute approximate surface area is 144 Å². The molecular formula is C20H30O4. The molecule has 4 heteroatoms. The van der Waals surface area contributed by atoms with Crippen LogP contribution in [0.15, 0.2) is 18.2 Å². The second-order valence-electron chi connectivity index (χ2n) is 7.45. The van der Waals surface area contributed by atoms with E-state index in [1.165, 1.54) is 0 Å². The number of carbonyl (C=O) groups is 1. The highest BCUT2D eigenvalue weighted by molar-refractivity contribution is 6.02. The number of hydrogen-bond acceptors (Lipinski definition) is 4. The molecule has 1 aromatic rings. The molecule has 0 saturated carbocycles. The van der Waals surface area contributed by atoms with Gasteiger partial charge in [-0.25, -0.2) is 0 Å². The summed E-state index contributed by atoms with van der Waals surface area (Å²) in [6.07, 6.45) is 2.96. The molecule has 0 radical (unpaired) electrons. The number of hydrogen-bond donors (Lipinski definition) is 2. The van der Waals surface area contributed by atoms with E-state index in [-0.39, 0.29) is 5.78 Å². The first-order valence-electron chi connectivity index (χ1n) is 9.00. The lowest BCUT2D eigenvalue weighted by molar-refractivity contribution is 0.0609. The second-order valence-corrected chi connectivity index (χ2v) is 7.45. The van der Waals surface area contributed by atoms with E-state index >= 15 is 0 Å². The lowest BCUT2D eigenvalue weighted by Gasteiger charge is -2.27. The number of ketones is 1. The molecule has 24 heavy (non-hydrogen) atoms. The lowest BCUT2D eigenvalue weighted by Crippen LogP contribution is -2.28. The molecule has 0 bridgehead atoms. The van der Waals surface area contributed by atoms with Crippen molar-refractivity contribution in [3.63, 3.8) is 0 Å². The van der Waals surface area contributed by atoms with Crippen molar-refractivity contribution in [3.05, 3.63) is 29.3 Å². The van der Waals surface area contributed by atoms with E-state index in [9.17, 15) is 15.0 Å². The summed E-state index contributed by atoms with van der Waals surface area (Å²) in [7, 11) is 0. The third-order valence-corrected chi connectivity index (χ3v) is 4.91. The van der Waals surface area contributed by atoms with Crippen molar-refractivity contribution < 1.29 is 19.7 Å². The second kappa shape index (κ2) is 8.13. The summed E-state index contributed by atoms with van der Waals surface area (Å²) in [4.78, 5) is 13.0. The predicted molar refractivity (Wildman–Crippen MR) is 94.5 cm³/mol. The molecule has 4 nitrogen and oxygen atoms in total. The number of rotatable bonds is 8. The number of ether oxygens (including phenoxy) is 1. The van der Waals surface area contributed by atoms with Crippen molar-refractivity contribution in [2.24, 2.45) is 5.41 Å². The normalized spacial score (nSPS) is 16.9. The maximum atomic E-state index is 13.0. The van der Waals surface area contributed by atoms with E-state index in [1.807, 2.05) is 39.0 Å². The molecule has 0 saturated heterocycles. The molecule has 0 amide bonds. The topological polar surface area (TPSA) is 66.8 Å². The van der Waals surface area contributed by atoms with Gasteiger partial charge in [0.2, 0.25) is 0 Å². The minimum absolute atomic E-state index is 0.0597. The predicted octanol–water partition coefficient (Wildman–Crippen LogP) is 3.52. The van der Waals surface area contributed by atoms with Gasteiger partial charge in [-0.2, -0.15) is 0 Å². The van der Waals surface area contributed by atoms with E-state index in [0.717, 1.165) is 24.2 Å². The monoisotopic (exact) mass is 334 g/mol. The Kier molecular flexibility index (Phi) is 6.41. The Balaban J connectivity index is 2.05. The molecular weight excluding hydrogens is 304 g/mol. The van der Waals surface area contributed by atoms with Gasteiger partial charge in [0.1, 0.15) is 5.75 Å². The molecule has 2 rings (SSSR count). The molecule has 2 unspecified atom stereocenters. The van der Waals surface area contributed by atoms with E-state index in [4.69, 9.17) is 4.74 Å². The fourth-order valence-electron chi connectivity index (χ4n) is 3.17. The first-order valence-corrected chi connectivity index (χ1v) is 9.00. The van der Waals surface area contributed by atoms with E-state index in [1.54, 1.807) is 0 Å². The van der Waals surface area contributed by atoms with Gasteiger partial charge < -0.3 is 14.9 Å². The van der Waals surface area contributed by atoms with Gasteiger partial charge in [0.15, 0.2) is 5.78 Å². The Morgan fingerprint density at radius 1 is 1.29 bits per heavy atom. The zero-order chi connectivity index (χ0) is 17.7. The van der Waals surface area contributed by atoms with Gasteiger partial charge >= 0.3 is 0 Å². The van der Waals surface area contributed by atoms with Gasteiger partial charge in [-0.15, -0.1) is 0 Å². The van der Waals surface area contributed by atoms with Crippen molar-refractivity contribution in [1.29, 1.82) is 0 Å². The van der Waals surface area contributed by atoms with Crippen LogP contribution < -0.4 is 4.74 Å².